The Hall–Kier alpha value is -2.40. The zero-order valence-electron chi connectivity index (χ0n) is 11.1. The van der Waals surface area contributed by atoms with E-state index in [1.165, 1.54) is 31.2 Å². The standard InChI is InChI=1S/C15H12ClFN2O2/c1-9(20)10-4-2-5-11(8-10)18-15(21)19-14-12(16)6-3-7-13(14)17/h2-8H,1H3,(H2,18,19,21). The van der Waals surface area contributed by atoms with Crippen molar-refractivity contribution in [3.05, 3.63) is 58.9 Å². The van der Waals surface area contributed by atoms with Crippen LogP contribution in [-0.2, 0) is 0 Å². The van der Waals surface area contributed by atoms with Crippen LogP contribution in [0.2, 0.25) is 5.02 Å². The molecule has 0 aliphatic heterocycles. The van der Waals surface area contributed by atoms with Crippen molar-refractivity contribution in [2.24, 2.45) is 0 Å². The van der Waals surface area contributed by atoms with E-state index in [4.69, 9.17) is 11.6 Å². The van der Waals surface area contributed by atoms with E-state index in [-0.39, 0.29) is 16.5 Å². The Bertz CT molecular complexity index is 684. The number of carbonyl (C=O) groups is 2. The third-order valence-corrected chi connectivity index (χ3v) is 3.04. The van der Waals surface area contributed by atoms with Crippen LogP contribution in [-0.4, -0.2) is 11.8 Å². The number of halogens is 2. The van der Waals surface area contributed by atoms with Crippen molar-refractivity contribution in [2.45, 2.75) is 6.92 Å². The maximum atomic E-state index is 13.5. The molecule has 0 heterocycles. The van der Waals surface area contributed by atoms with Crippen LogP contribution in [0.15, 0.2) is 42.5 Å². The van der Waals surface area contributed by atoms with E-state index in [2.05, 4.69) is 10.6 Å². The van der Waals surface area contributed by atoms with E-state index in [9.17, 15) is 14.0 Å². The smallest absolute Gasteiger partial charge is 0.308 e. The molecule has 0 saturated carbocycles. The van der Waals surface area contributed by atoms with Gasteiger partial charge in [-0.15, -0.1) is 0 Å². The molecule has 2 N–H and O–H groups in total. The number of carbonyl (C=O) groups excluding carboxylic acids is 2. The molecule has 2 aromatic rings. The average molecular weight is 307 g/mol. The first-order valence-electron chi connectivity index (χ1n) is 6.10. The van der Waals surface area contributed by atoms with Gasteiger partial charge in [0.05, 0.1) is 10.7 Å². The van der Waals surface area contributed by atoms with Gasteiger partial charge in [-0.3, -0.25) is 4.79 Å². The fraction of sp³-hybridized carbons (Fsp3) is 0.0667. The van der Waals surface area contributed by atoms with E-state index in [1.807, 2.05) is 0 Å². The highest BCUT2D eigenvalue weighted by atomic mass is 35.5. The zero-order valence-corrected chi connectivity index (χ0v) is 11.9. The van der Waals surface area contributed by atoms with Gasteiger partial charge in [-0.05, 0) is 31.2 Å². The molecule has 2 rings (SSSR count). The normalized spacial score (nSPS) is 10.0. The zero-order chi connectivity index (χ0) is 15.4. The van der Waals surface area contributed by atoms with Crippen molar-refractivity contribution in [2.75, 3.05) is 10.6 Å². The van der Waals surface area contributed by atoms with Gasteiger partial charge in [0.2, 0.25) is 0 Å². The molecular weight excluding hydrogens is 295 g/mol. The number of hydrogen-bond donors (Lipinski definition) is 2. The number of ketones is 1. The predicted octanol–water partition coefficient (Wildman–Crippen LogP) is 4.33. The van der Waals surface area contributed by atoms with Crippen LogP contribution < -0.4 is 10.6 Å². The average Bonchev–Trinajstić information content (AvgIpc) is 2.43. The Morgan fingerprint density at radius 1 is 1.10 bits per heavy atom. The number of Topliss-reactive ketones (excluding diaryl/α,β-unsaturated/α-hetero) is 1. The fourth-order valence-corrected chi connectivity index (χ4v) is 1.92. The summed E-state index contributed by atoms with van der Waals surface area (Å²) in [6.07, 6.45) is 0. The van der Waals surface area contributed by atoms with Gasteiger partial charge >= 0.3 is 6.03 Å². The van der Waals surface area contributed by atoms with Crippen molar-refractivity contribution in [1.82, 2.24) is 0 Å². The number of benzene rings is 2. The number of rotatable bonds is 3. The minimum atomic E-state index is -0.650. The summed E-state index contributed by atoms with van der Waals surface area (Å²) in [6.45, 7) is 1.43. The van der Waals surface area contributed by atoms with E-state index >= 15 is 0 Å². The highest BCUT2D eigenvalue weighted by Crippen LogP contribution is 2.24. The lowest BCUT2D eigenvalue weighted by atomic mass is 10.1. The molecule has 0 radical (unpaired) electrons. The topological polar surface area (TPSA) is 58.2 Å². The second kappa shape index (κ2) is 6.37. The maximum Gasteiger partial charge on any atom is 0.323 e. The van der Waals surface area contributed by atoms with Crippen molar-refractivity contribution in [3.8, 4) is 0 Å². The second-order valence-electron chi connectivity index (χ2n) is 4.31. The first kappa shape index (κ1) is 15.0. The molecule has 6 heteroatoms. The molecule has 0 bridgehead atoms. The van der Waals surface area contributed by atoms with E-state index in [1.54, 1.807) is 18.2 Å². The van der Waals surface area contributed by atoms with Gasteiger partial charge in [-0.2, -0.15) is 0 Å². The van der Waals surface area contributed by atoms with Crippen molar-refractivity contribution < 1.29 is 14.0 Å². The minimum Gasteiger partial charge on any atom is -0.308 e. The number of para-hydroxylation sites is 1. The lowest BCUT2D eigenvalue weighted by Gasteiger charge is -2.10. The minimum absolute atomic E-state index is 0.0978. The number of hydrogen-bond acceptors (Lipinski definition) is 2. The molecular formula is C15H12ClFN2O2. The van der Waals surface area contributed by atoms with Gasteiger partial charge < -0.3 is 10.6 Å². The molecule has 0 fully saturated rings. The summed E-state index contributed by atoms with van der Waals surface area (Å²) in [5.41, 5.74) is 0.795. The Labute approximate surface area is 125 Å². The summed E-state index contributed by atoms with van der Waals surface area (Å²) >= 11 is 5.82. The van der Waals surface area contributed by atoms with Crippen LogP contribution in [0, 0.1) is 5.82 Å². The summed E-state index contributed by atoms with van der Waals surface area (Å²) < 4.78 is 13.5. The molecule has 0 saturated heterocycles. The van der Waals surface area contributed by atoms with Gasteiger partial charge in [-0.25, -0.2) is 9.18 Å². The third-order valence-electron chi connectivity index (χ3n) is 2.73. The molecule has 0 spiro atoms. The van der Waals surface area contributed by atoms with Gasteiger partial charge in [0.25, 0.3) is 0 Å². The lowest BCUT2D eigenvalue weighted by Crippen LogP contribution is -2.20. The molecule has 4 nitrogen and oxygen atoms in total. The van der Waals surface area contributed by atoms with Crippen LogP contribution in [0.1, 0.15) is 17.3 Å². The molecule has 0 atom stereocenters. The number of amides is 2. The number of nitrogens with one attached hydrogen (secondary N) is 2. The summed E-state index contributed by atoms with van der Waals surface area (Å²) in [6, 6.07) is 9.88. The van der Waals surface area contributed by atoms with Crippen LogP contribution in [0.5, 0.6) is 0 Å². The highest BCUT2D eigenvalue weighted by molar-refractivity contribution is 6.33. The van der Waals surface area contributed by atoms with Crippen LogP contribution in [0.25, 0.3) is 0 Å². The summed E-state index contributed by atoms with van der Waals surface area (Å²) in [5.74, 6) is -0.744. The second-order valence-corrected chi connectivity index (χ2v) is 4.72. The maximum absolute atomic E-state index is 13.5. The van der Waals surface area contributed by atoms with Gasteiger partial charge in [-0.1, -0.05) is 29.8 Å². The molecule has 108 valence electrons. The quantitative estimate of drug-likeness (QED) is 0.829. The summed E-state index contributed by atoms with van der Waals surface area (Å²) in [5, 5.41) is 4.95. The van der Waals surface area contributed by atoms with Crippen LogP contribution >= 0.6 is 11.6 Å². The molecule has 0 aliphatic carbocycles. The van der Waals surface area contributed by atoms with Crippen LogP contribution in [0.4, 0.5) is 20.6 Å². The van der Waals surface area contributed by atoms with Gasteiger partial charge in [0.1, 0.15) is 5.82 Å². The van der Waals surface area contributed by atoms with E-state index in [0.717, 1.165) is 0 Å². The number of anilines is 2. The molecule has 0 aromatic heterocycles. The highest BCUT2D eigenvalue weighted by Gasteiger charge is 2.11. The molecule has 21 heavy (non-hydrogen) atoms. The van der Waals surface area contributed by atoms with Crippen molar-refractivity contribution >= 4 is 34.8 Å². The molecule has 0 unspecified atom stereocenters. The van der Waals surface area contributed by atoms with Crippen molar-refractivity contribution in [3.63, 3.8) is 0 Å². The fourth-order valence-electron chi connectivity index (χ4n) is 1.71. The predicted molar refractivity (Wildman–Crippen MR) is 80.5 cm³/mol. The Balaban J connectivity index is 2.12. The SMILES string of the molecule is CC(=O)c1cccc(NC(=O)Nc2c(F)cccc2Cl)c1. The first-order valence-corrected chi connectivity index (χ1v) is 6.48. The van der Waals surface area contributed by atoms with Crippen LogP contribution in [0.3, 0.4) is 0 Å². The van der Waals surface area contributed by atoms with Crippen molar-refractivity contribution in [1.29, 1.82) is 0 Å². The Morgan fingerprint density at radius 2 is 1.81 bits per heavy atom. The Morgan fingerprint density at radius 3 is 2.48 bits per heavy atom. The van der Waals surface area contributed by atoms with Gasteiger partial charge in [0.15, 0.2) is 5.78 Å². The van der Waals surface area contributed by atoms with Gasteiger partial charge in [0, 0.05) is 11.3 Å². The molecule has 2 amide bonds. The number of urea groups is 1. The first-order chi connectivity index (χ1) is 9.97. The molecule has 2 aromatic carbocycles. The Kier molecular flexibility index (Phi) is 4.55. The van der Waals surface area contributed by atoms with E-state index in [0.29, 0.717) is 11.3 Å². The molecule has 0 aliphatic rings. The third kappa shape index (κ3) is 3.79. The lowest BCUT2D eigenvalue weighted by molar-refractivity contribution is 0.101. The summed E-state index contributed by atoms with van der Waals surface area (Å²) in [4.78, 5) is 23.1. The monoisotopic (exact) mass is 306 g/mol. The largest absolute Gasteiger partial charge is 0.323 e. The van der Waals surface area contributed by atoms with E-state index < -0.39 is 11.8 Å². The summed E-state index contributed by atoms with van der Waals surface area (Å²) in [7, 11) is 0.